The van der Waals surface area contributed by atoms with Gasteiger partial charge >= 0.3 is 0 Å². The number of benzene rings is 1. The van der Waals surface area contributed by atoms with Gasteiger partial charge in [0.15, 0.2) is 0 Å². The van der Waals surface area contributed by atoms with Gasteiger partial charge in [0.05, 0.1) is 6.10 Å². The minimum absolute atomic E-state index is 0.218. The molecule has 0 saturated carbocycles. The molecule has 106 valence electrons. The Balaban J connectivity index is 2.28. The highest BCUT2D eigenvalue weighted by Gasteiger charge is 2.38. The molecule has 0 radical (unpaired) electrons. The molecule has 1 heterocycles. The predicted molar refractivity (Wildman–Crippen MR) is 80.3 cm³/mol. The van der Waals surface area contributed by atoms with Crippen LogP contribution < -0.4 is 5.73 Å². The Bertz CT molecular complexity index is 394. The molecule has 2 heteroatoms. The molecule has 1 fully saturated rings. The molecule has 19 heavy (non-hydrogen) atoms. The van der Waals surface area contributed by atoms with Crippen molar-refractivity contribution >= 4 is 0 Å². The van der Waals surface area contributed by atoms with Gasteiger partial charge in [0.1, 0.15) is 0 Å². The summed E-state index contributed by atoms with van der Waals surface area (Å²) >= 11 is 0. The third kappa shape index (κ3) is 3.18. The van der Waals surface area contributed by atoms with Crippen LogP contribution in [0.15, 0.2) is 24.3 Å². The number of nitrogens with two attached hydrogens (primary N) is 1. The molecule has 1 aliphatic heterocycles. The smallest absolute Gasteiger partial charge is 0.0606 e. The first-order valence-electron chi connectivity index (χ1n) is 7.46. The standard InChI is InChI=1S/C17H27NO/c1-13(2)16-12-17(8-10-18,9-11-19-16)15-6-4-14(3)5-7-15/h4-7,13,16H,8-12,18H2,1-3H3/t16-,17+/m0/s1. The predicted octanol–water partition coefficient (Wildman–Crippen LogP) is 3.42. The topological polar surface area (TPSA) is 35.2 Å². The van der Waals surface area contributed by atoms with E-state index in [1.54, 1.807) is 0 Å². The van der Waals surface area contributed by atoms with Gasteiger partial charge in [-0.1, -0.05) is 43.7 Å². The maximum atomic E-state index is 5.95. The first kappa shape index (κ1) is 14.5. The summed E-state index contributed by atoms with van der Waals surface area (Å²) in [7, 11) is 0. The van der Waals surface area contributed by atoms with Crippen molar-refractivity contribution < 1.29 is 4.74 Å². The van der Waals surface area contributed by atoms with E-state index in [0.717, 1.165) is 32.4 Å². The van der Waals surface area contributed by atoms with E-state index in [1.165, 1.54) is 11.1 Å². The van der Waals surface area contributed by atoms with Crippen molar-refractivity contribution in [2.45, 2.75) is 51.6 Å². The van der Waals surface area contributed by atoms with Crippen molar-refractivity contribution in [2.24, 2.45) is 11.7 Å². The molecule has 0 unspecified atom stereocenters. The third-order valence-electron chi connectivity index (χ3n) is 4.53. The van der Waals surface area contributed by atoms with Crippen LogP contribution in [0.1, 0.15) is 44.2 Å². The summed E-state index contributed by atoms with van der Waals surface area (Å²) in [4.78, 5) is 0. The summed E-state index contributed by atoms with van der Waals surface area (Å²) in [6, 6.07) is 9.00. The summed E-state index contributed by atoms with van der Waals surface area (Å²) < 4.78 is 5.95. The minimum Gasteiger partial charge on any atom is -0.378 e. The number of aryl methyl sites for hydroxylation is 1. The van der Waals surface area contributed by atoms with Gasteiger partial charge in [-0.05, 0) is 44.2 Å². The maximum Gasteiger partial charge on any atom is 0.0606 e. The Morgan fingerprint density at radius 1 is 1.32 bits per heavy atom. The summed E-state index contributed by atoms with van der Waals surface area (Å²) in [6.07, 6.45) is 3.62. The molecule has 0 aliphatic carbocycles. The summed E-state index contributed by atoms with van der Waals surface area (Å²) in [5, 5.41) is 0. The van der Waals surface area contributed by atoms with Gasteiger partial charge in [0, 0.05) is 12.0 Å². The normalized spacial score (nSPS) is 27.7. The molecule has 1 aromatic carbocycles. The lowest BCUT2D eigenvalue weighted by molar-refractivity contribution is -0.0465. The highest BCUT2D eigenvalue weighted by molar-refractivity contribution is 5.29. The van der Waals surface area contributed by atoms with Crippen LogP contribution in [0.25, 0.3) is 0 Å². The molecule has 0 bridgehead atoms. The Morgan fingerprint density at radius 3 is 2.58 bits per heavy atom. The van der Waals surface area contributed by atoms with E-state index in [4.69, 9.17) is 10.5 Å². The lowest BCUT2D eigenvalue weighted by Gasteiger charge is -2.43. The van der Waals surface area contributed by atoms with Gasteiger partial charge < -0.3 is 10.5 Å². The van der Waals surface area contributed by atoms with E-state index >= 15 is 0 Å². The van der Waals surface area contributed by atoms with E-state index in [2.05, 4.69) is 45.0 Å². The van der Waals surface area contributed by atoms with Crippen LogP contribution in [0.2, 0.25) is 0 Å². The number of rotatable bonds is 4. The van der Waals surface area contributed by atoms with Crippen molar-refractivity contribution in [2.75, 3.05) is 13.2 Å². The molecule has 2 rings (SSSR count). The second-order valence-electron chi connectivity index (χ2n) is 6.29. The summed E-state index contributed by atoms with van der Waals surface area (Å²) in [5.74, 6) is 0.572. The maximum absolute atomic E-state index is 5.95. The second kappa shape index (κ2) is 6.06. The molecule has 2 atom stereocenters. The molecular weight excluding hydrogens is 234 g/mol. The van der Waals surface area contributed by atoms with Crippen molar-refractivity contribution in [3.63, 3.8) is 0 Å². The Hall–Kier alpha value is -0.860. The average Bonchev–Trinajstić information content (AvgIpc) is 2.40. The molecule has 0 aromatic heterocycles. The quantitative estimate of drug-likeness (QED) is 0.901. The zero-order valence-electron chi connectivity index (χ0n) is 12.5. The van der Waals surface area contributed by atoms with E-state index in [9.17, 15) is 0 Å². The Labute approximate surface area is 117 Å². The van der Waals surface area contributed by atoms with Crippen molar-refractivity contribution in [3.8, 4) is 0 Å². The highest BCUT2D eigenvalue weighted by Crippen LogP contribution is 2.41. The SMILES string of the molecule is Cc1ccc([C@]2(CCN)CCO[C@H](C(C)C)C2)cc1. The lowest BCUT2D eigenvalue weighted by Crippen LogP contribution is -2.42. The first-order valence-corrected chi connectivity index (χ1v) is 7.46. The van der Waals surface area contributed by atoms with Crippen LogP contribution in [0, 0.1) is 12.8 Å². The molecule has 0 amide bonds. The number of hydrogen-bond acceptors (Lipinski definition) is 2. The van der Waals surface area contributed by atoms with Crippen LogP contribution >= 0.6 is 0 Å². The monoisotopic (exact) mass is 261 g/mol. The highest BCUT2D eigenvalue weighted by atomic mass is 16.5. The molecular formula is C17H27NO. The first-order chi connectivity index (χ1) is 9.07. The minimum atomic E-state index is 0.218. The van der Waals surface area contributed by atoms with Gasteiger partial charge in [-0.3, -0.25) is 0 Å². The molecule has 0 spiro atoms. The van der Waals surface area contributed by atoms with Crippen molar-refractivity contribution in [1.29, 1.82) is 0 Å². The van der Waals surface area contributed by atoms with Crippen LogP contribution in [-0.4, -0.2) is 19.3 Å². The second-order valence-corrected chi connectivity index (χ2v) is 6.29. The average molecular weight is 261 g/mol. The van der Waals surface area contributed by atoms with Crippen LogP contribution in [0.4, 0.5) is 0 Å². The Kier molecular flexibility index (Phi) is 4.64. The van der Waals surface area contributed by atoms with Crippen molar-refractivity contribution in [1.82, 2.24) is 0 Å². The van der Waals surface area contributed by atoms with Gasteiger partial charge in [0.25, 0.3) is 0 Å². The van der Waals surface area contributed by atoms with Gasteiger partial charge in [-0.2, -0.15) is 0 Å². The van der Waals surface area contributed by atoms with E-state index in [1.807, 2.05) is 0 Å². The van der Waals surface area contributed by atoms with Gasteiger partial charge in [0.2, 0.25) is 0 Å². The van der Waals surface area contributed by atoms with Crippen LogP contribution in [-0.2, 0) is 10.2 Å². The molecule has 1 saturated heterocycles. The zero-order valence-corrected chi connectivity index (χ0v) is 12.5. The number of ether oxygens (including phenoxy) is 1. The largest absolute Gasteiger partial charge is 0.378 e. The van der Waals surface area contributed by atoms with Gasteiger partial charge in [-0.15, -0.1) is 0 Å². The molecule has 2 N–H and O–H groups in total. The third-order valence-corrected chi connectivity index (χ3v) is 4.53. The fraction of sp³-hybridized carbons (Fsp3) is 0.647. The van der Waals surface area contributed by atoms with E-state index in [-0.39, 0.29) is 5.41 Å². The van der Waals surface area contributed by atoms with E-state index < -0.39 is 0 Å². The molecule has 2 nitrogen and oxygen atoms in total. The van der Waals surface area contributed by atoms with E-state index in [0.29, 0.717) is 12.0 Å². The fourth-order valence-corrected chi connectivity index (χ4v) is 3.20. The van der Waals surface area contributed by atoms with Crippen LogP contribution in [0.3, 0.4) is 0 Å². The Morgan fingerprint density at radius 2 is 2.00 bits per heavy atom. The fourth-order valence-electron chi connectivity index (χ4n) is 3.20. The zero-order chi connectivity index (χ0) is 13.9. The molecule has 1 aromatic rings. The molecule has 1 aliphatic rings. The lowest BCUT2D eigenvalue weighted by atomic mass is 9.68. The number of hydrogen-bond donors (Lipinski definition) is 1. The van der Waals surface area contributed by atoms with Crippen molar-refractivity contribution in [3.05, 3.63) is 35.4 Å². The summed E-state index contributed by atoms with van der Waals surface area (Å²) in [5.41, 5.74) is 8.87. The summed E-state index contributed by atoms with van der Waals surface area (Å²) in [6.45, 7) is 8.24. The van der Waals surface area contributed by atoms with Gasteiger partial charge in [-0.25, -0.2) is 0 Å². The van der Waals surface area contributed by atoms with Crippen LogP contribution in [0.5, 0.6) is 0 Å².